The first kappa shape index (κ1) is 24.2. The van der Waals surface area contributed by atoms with E-state index in [0.29, 0.717) is 31.3 Å². The van der Waals surface area contributed by atoms with E-state index in [-0.39, 0.29) is 12.1 Å². The van der Waals surface area contributed by atoms with E-state index in [1.54, 1.807) is 6.20 Å². The summed E-state index contributed by atoms with van der Waals surface area (Å²) in [5.74, 6) is 0.583. The zero-order valence-corrected chi connectivity index (χ0v) is 20.1. The predicted octanol–water partition coefficient (Wildman–Crippen LogP) is 2.58. The van der Waals surface area contributed by atoms with Gasteiger partial charge in [-0.15, -0.1) is 0 Å². The van der Waals surface area contributed by atoms with Crippen LogP contribution in [0.1, 0.15) is 17.7 Å². The van der Waals surface area contributed by atoms with E-state index in [9.17, 15) is 10.0 Å². The Morgan fingerprint density at radius 1 is 1.37 bits per heavy atom. The number of carbonyl (C=O) groups is 1. The van der Waals surface area contributed by atoms with E-state index in [2.05, 4.69) is 57.2 Å². The number of halogens is 2. The Hall–Kier alpha value is -2.11. The summed E-state index contributed by atoms with van der Waals surface area (Å²) in [6.07, 6.45) is 3.21. The van der Waals surface area contributed by atoms with E-state index in [1.165, 1.54) is 0 Å². The maximum atomic E-state index is 12.3. The highest BCUT2D eigenvalue weighted by atomic mass is 79.9. The van der Waals surface area contributed by atoms with E-state index < -0.39 is 5.91 Å². The van der Waals surface area contributed by atoms with Crippen molar-refractivity contribution in [1.82, 2.24) is 20.2 Å². The summed E-state index contributed by atoms with van der Waals surface area (Å²) in [5, 5.41) is 15.2. The highest BCUT2D eigenvalue weighted by Crippen LogP contribution is 2.35. The third kappa shape index (κ3) is 7.62. The molecule has 1 aromatic heterocycles. The molecule has 1 heterocycles. The smallest absolute Gasteiger partial charge is 0.269 e. The summed E-state index contributed by atoms with van der Waals surface area (Å²) in [5.41, 5.74) is 7.13. The summed E-state index contributed by atoms with van der Waals surface area (Å²) >= 11 is 7.02. The van der Waals surface area contributed by atoms with Gasteiger partial charge in [-0.2, -0.15) is 0 Å². The number of ether oxygens (including phenoxy) is 1. The van der Waals surface area contributed by atoms with Crippen LogP contribution in [0.2, 0.25) is 0 Å². The Bertz CT molecular complexity index is 862. The van der Waals surface area contributed by atoms with Gasteiger partial charge in [0.05, 0.1) is 21.7 Å². The second-order valence-corrected chi connectivity index (χ2v) is 8.63. The number of nitrogens with two attached hydrogens (primary N) is 1. The lowest BCUT2D eigenvalue weighted by atomic mass is 10.1. The Balaban J connectivity index is 1.91. The van der Waals surface area contributed by atoms with Crippen molar-refractivity contribution in [3.8, 4) is 5.75 Å². The Labute approximate surface area is 192 Å². The lowest BCUT2D eigenvalue weighted by Crippen LogP contribution is -2.33. The third-order valence-corrected chi connectivity index (χ3v) is 5.31. The molecule has 0 atom stereocenters. The number of aromatic amines is 1. The van der Waals surface area contributed by atoms with Gasteiger partial charge in [-0.1, -0.05) is 5.16 Å². The zero-order valence-electron chi connectivity index (χ0n) is 16.9. The Morgan fingerprint density at radius 3 is 2.63 bits per heavy atom. The third-order valence-electron chi connectivity index (χ3n) is 4.14. The van der Waals surface area contributed by atoms with Crippen LogP contribution in [0.4, 0.5) is 5.95 Å². The molecule has 11 heteroatoms. The number of imidazole rings is 1. The lowest BCUT2D eigenvalue weighted by Gasteiger charge is -2.14. The first-order chi connectivity index (χ1) is 14.3. The van der Waals surface area contributed by atoms with Crippen LogP contribution in [0.5, 0.6) is 5.75 Å². The minimum Gasteiger partial charge on any atom is -0.491 e. The molecule has 2 rings (SSSR count). The molecule has 0 saturated heterocycles. The second kappa shape index (κ2) is 11.9. The first-order valence-electron chi connectivity index (χ1n) is 9.34. The van der Waals surface area contributed by atoms with Gasteiger partial charge in [0, 0.05) is 31.6 Å². The standard InChI is InChI=1S/C19H26Br2N6O3/c1-27(2)6-3-7-30-17-14(20)8-12(9-15(17)21)10-16(26-29)18(28)23-5-4-13-11-24-19(22)25-13/h8-9,11,29H,3-7,10H2,1-2H3,(H,23,28)(H3,22,24,25)/b26-16+. The lowest BCUT2D eigenvalue weighted by molar-refractivity contribution is -0.115. The SMILES string of the molecule is CN(C)CCCOc1c(Br)cc(C/C(=N\O)C(=O)NCCc2cnc(N)[nH]2)cc1Br. The number of aromatic nitrogens is 2. The maximum Gasteiger partial charge on any atom is 0.269 e. The van der Waals surface area contributed by atoms with Crippen LogP contribution in [-0.2, 0) is 17.6 Å². The van der Waals surface area contributed by atoms with Gasteiger partial charge >= 0.3 is 0 Å². The fourth-order valence-electron chi connectivity index (χ4n) is 2.68. The van der Waals surface area contributed by atoms with E-state index in [0.717, 1.165) is 33.2 Å². The molecule has 5 N–H and O–H groups in total. The molecule has 30 heavy (non-hydrogen) atoms. The molecule has 0 spiro atoms. The van der Waals surface area contributed by atoms with Crippen LogP contribution in [-0.4, -0.2) is 65.5 Å². The molecule has 0 aliphatic heterocycles. The number of nitrogen functional groups attached to an aromatic ring is 1. The van der Waals surface area contributed by atoms with Crippen molar-refractivity contribution in [3.63, 3.8) is 0 Å². The molecule has 0 aliphatic rings. The van der Waals surface area contributed by atoms with Gasteiger partial charge in [0.25, 0.3) is 5.91 Å². The van der Waals surface area contributed by atoms with Gasteiger partial charge in [0.2, 0.25) is 0 Å². The number of hydrogen-bond donors (Lipinski definition) is 4. The molecule has 0 bridgehead atoms. The molecule has 164 valence electrons. The van der Waals surface area contributed by atoms with Crippen molar-refractivity contribution in [2.24, 2.45) is 5.16 Å². The summed E-state index contributed by atoms with van der Waals surface area (Å²) in [7, 11) is 4.04. The minimum atomic E-state index is -0.443. The maximum absolute atomic E-state index is 12.3. The van der Waals surface area contributed by atoms with Gasteiger partial charge in [0.15, 0.2) is 5.95 Å². The van der Waals surface area contributed by atoms with Crippen molar-refractivity contribution in [2.75, 3.05) is 39.5 Å². The number of H-pyrrole nitrogens is 1. The molecule has 0 unspecified atom stereocenters. The van der Waals surface area contributed by atoms with E-state index in [4.69, 9.17) is 10.5 Å². The molecule has 2 aromatic rings. The molecule has 1 aromatic carbocycles. The van der Waals surface area contributed by atoms with Crippen LogP contribution in [0, 0.1) is 0 Å². The molecule has 1 amide bonds. The highest BCUT2D eigenvalue weighted by Gasteiger charge is 2.16. The summed E-state index contributed by atoms with van der Waals surface area (Å²) in [4.78, 5) is 21.2. The molecular formula is C19H26Br2N6O3. The molecule has 0 fully saturated rings. The fourth-order valence-corrected chi connectivity index (χ4v) is 4.19. The van der Waals surface area contributed by atoms with Crippen molar-refractivity contribution in [1.29, 1.82) is 0 Å². The van der Waals surface area contributed by atoms with Crippen LogP contribution in [0.3, 0.4) is 0 Å². The number of anilines is 1. The van der Waals surface area contributed by atoms with Gasteiger partial charge in [-0.25, -0.2) is 4.98 Å². The van der Waals surface area contributed by atoms with Crippen LogP contribution >= 0.6 is 31.9 Å². The van der Waals surface area contributed by atoms with Crippen molar-refractivity contribution >= 4 is 49.4 Å². The molecule has 0 aliphatic carbocycles. The number of rotatable bonds is 11. The number of oxime groups is 1. The van der Waals surface area contributed by atoms with Crippen molar-refractivity contribution in [2.45, 2.75) is 19.3 Å². The summed E-state index contributed by atoms with van der Waals surface area (Å²) < 4.78 is 7.36. The zero-order chi connectivity index (χ0) is 22.1. The fraction of sp³-hybridized carbons (Fsp3) is 0.421. The molecular weight excluding hydrogens is 520 g/mol. The van der Waals surface area contributed by atoms with E-state index >= 15 is 0 Å². The topological polar surface area (TPSA) is 129 Å². The Kier molecular flexibility index (Phi) is 9.60. The van der Waals surface area contributed by atoms with Crippen LogP contribution in [0.25, 0.3) is 0 Å². The van der Waals surface area contributed by atoms with Crippen LogP contribution < -0.4 is 15.8 Å². The normalized spacial score (nSPS) is 11.7. The quantitative estimate of drug-likeness (QED) is 0.149. The van der Waals surface area contributed by atoms with Crippen LogP contribution in [0.15, 0.2) is 32.4 Å². The van der Waals surface area contributed by atoms with Gasteiger partial charge in [0.1, 0.15) is 11.5 Å². The molecule has 9 nitrogen and oxygen atoms in total. The number of nitrogens with one attached hydrogen (secondary N) is 2. The first-order valence-corrected chi connectivity index (χ1v) is 10.9. The predicted molar refractivity (Wildman–Crippen MR) is 123 cm³/mol. The molecule has 0 radical (unpaired) electrons. The summed E-state index contributed by atoms with van der Waals surface area (Å²) in [6.45, 7) is 1.88. The number of nitrogens with zero attached hydrogens (tertiary/aromatic N) is 3. The number of hydrogen-bond acceptors (Lipinski definition) is 7. The van der Waals surface area contributed by atoms with Crippen molar-refractivity contribution < 1.29 is 14.7 Å². The van der Waals surface area contributed by atoms with Gasteiger partial charge in [-0.3, -0.25) is 4.79 Å². The van der Waals surface area contributed by atoms with E-state index in [1.807, 2.05) is 26.2 Å². The molecule has 0 saturated carbocycles. The average molecular weight is 546 g/mol. The Morgan fingerprint density at radius 2 is 2.07 bits per heavy atom. The number of carbonyl (C=O) groups excluding carboxylic acids is 1. The monoisotopic (exact) mass is 544 g/mol. The van der Waals surface area contributed by atoms with Gasteiger partial charge in [-0.05, 0) is 70.1 Å². The largest absolute Gasteiger partial charge is 0.491 e. The second-order valence-electron chi connectivity index (χ2n) is 6.92. The number of benzene rings is 1. The number of amides is 1. The van der Waals surface area contributed by atoms with Gasteiger partial charge < -0.3 is 30.9 Å². The highest BCUT2D eigenvalue weighted by molar-refractivity contribution is 9.11. The summed E-state index contributed by atoms with van der Waals surface area (Å²) in [6, 6.07) is 3.69. The average Bonchev–Trinajstić information content (AvgIpc) is 3.09. The minimum absolute atomic E-state index is 0.0116. The van der Waals surface area contributed by atoms with Crippen molar-refractivity contribution in [3.05, 3.63) is 38.5 Å².